The standard InChI is InChI=1S/C45H78O15P2/c1-3-5-7-9-11-13-15-16-17-18-19-20-21-22-24-26-28-30-32-34-45(50)56-36-42(47)38-58-62(53,54)60-40-43(48)39-59-61(51,52)57-37-41(46)35-55-44(49)33-31-29-27-25-23-14-12-10-8-6-4-2/h5,7,10-13,16-17,19-20,22,24,41-43,46-48H,3-4,6,8-9,14-15,18,21,23,25-40H2,1-2H3,(H,51,52)(H,53,54)/b7-5-,12-10-,13-11-,17-16-,20-19-,24-22-. The molecule has 15 nitrogen and oxygen atoms in total. The Morgan fingerprint density at radius 1 is 0.435 bits per heavy atom. The first kappa shape index (κ1) is 59.5. The Kier molecular flexibility index (Phi) is 39.5. The number of phosphoric ester groups is 2. The van der Waals surface area contributed by atoms with Crippen molar-refractivity contribution in [1.29, 1.82) is 0 Å². The second kappa shape index (κ2) is 41.2. The van der Waals surface area contributed by atoms with E-state index in [9.17, 15) is 43.8 Å². The third-order valence-corrected chi connectivity index (χ3v) is 10.5. The van der Waals surface area contributed by atoms with E-state index in [1.54, 1.807) is 0 Å². The Hall–Kier alpha value is -2.52. The number of hydrogen-bond donors (Lipinski definition) is 5. The minimum absolute atomic E-state index is 0.154. The topological polar surface area (TPSA) is 225 Å². The van der Waals surface area contributed by atoms with E-state index >= 15 is 0 Å². The summed E-state index contributed by atoms with van der Waals surface area (Å²) < 4.78 is 52.8. The van der Waals surface area contributed by atoms with Gasteiger partial charge in [-0.05, 0) is 77.0 Å². The number of unbranched alkanes of at least 4 members (excludes halogenated alkanes) is 10. The van der Waals surface area contributed by atoms with E-state index in [0.717, 1.165) is 89.9 Å². The van der Waals surface area contributed by atoms with Crippen molar-refractivity contribution in [3.05, 3.63) is 72.9 Å². The number of aliphatic hydroxyl groups excluding tert-OH is 3. The highest BCUT2D eigenvalue weighted by atomic mass is 31.2. The maximum Gasteiger partial charge on any atom is 0.472 e. The van der Waals surface area contributed by atoms with Gasteiger partial charge < -0.3 is 34.6 Å². The summed E-state index contributed by atoms with van der Waals surface area (Å²) >= 11 is 0. The molecule has 0 aliphatic carbocycles. The van der Waals surface area contributed by atoms with Crippen LogP contribution in [0.25, 0.3) is 0 Å². The van der Waals surface area contributed by atoms with E-state index in [2.05, 4.69) is 105 Å². The third kappa shape index (κ3) is 42.8. The normalized spacial score (nSPS) is 15.9. The smallest absolute Gasteiger partial charge is 0.463 e. The fraction of sp³-hybridized carbons (Fsp3) is 0.689. The highest BCUT2D eigenvalue weighted by Gasteiger charge is 2.28. The van der Waals surface area contributed by atoms with Crippen LogP contribution in [0.2, 0.25) is 0 Å². The van der Waals surface area contributed by atoms with E-state index in [4.69, 9.17) is 9.47 Å². The molecule has 0 aromatic heterocycles. The van der Waals surface area contributed by atoms with Crippen molar-refractivity contribution >= 4 is 27.6 Å². The van der Waals surface area contributed by atoms with Gasteiger partial charge in [0.2, 0.25) is 0 Å². The Morgan fingerprint density at radius 2 is 0.742 bits per heavy atom. The highest BCUT2D eigenvalue weighted by Crippen LogP contribution is 2.45. The second-order valence-corrected chi connectivity index (χ2v) is 17.6. The number of esters is 2. The zero-order valence-corrected chi connectivity index (χ0v) is 39.0. The number of carbonyl (C=O) groups is 2. The van der Waals surface area contributed by atoms with E-state index in [1.807, 2.05) is 0 Å². The van der Waals surface area contributed by atoms with Crippen LogP contribution in [0.15, 0.2) is 72.9 Å². The molecular formula is C45H78O15P2. The molecule has 0 amide bonds. The predicted molar refractivity (Wildman–Crippen MR) is 242 cm³/mol. The molecule has 5 unspecified atom stereocenters. The Labute approximate surface area is 371 Å². The van der Waals surface area contributed by atoms with Crippen LogP contribution in [0.3, 0.4) is 0 Å². The number of phosphoric acid groups is 2. The van der Waals surface area contributed by atoms with E-state index < -0.39 is 85.5 Å². The van der Waals surface area contributed by atoms with Crippen molar-refractivity contribution in [2.75, 3.05) is 39.6 Å². The zero-order chi connectivity index (χ0) is 46.0. The van der Waals surface area contributed by atoms with Gasteiger partial charge in [0.25, 0.3) is 0 Å². The van der Waals surface area contributed by atoms with Gasteiger partial charge in [0.05, 0.1) is 26.4 Å². The van der Waals surface area contributed by atoms with Crippen molar-refractivity contribution in [2.24, 2.45) is 0 Å². The lowest BCUT2D eigenvalue weighted by Gasteiger charge is -2.19. The molecule has 0 aliphatic rings. The highest BCUT2D eigenvalue weighted by molar-refractivity contribution is 7.47. The van der Waals surface area contributed by atoms with Crippen LogP contribution in [-0.2, 0) is 46.3 Å². The molecule has 0 rings (SSSR count). The summed E-state index contributed by atoms with van der Waals surface area (Å²) in [7, 11) is -9.58. The van der Waals surface area contributed by atoms with Crippen molar-refractivity contribution < 1.29 is 71.4 Å². The molecule has 17 heteroatoms. The molecule has 0 radical (unpaired) electrons. The lowest BCUT2D eigenvalue weighted by molar-refractivity contribution is -0.148. The molecule has 0 aromatic carbocycles. The fourth-order valence-electron chi connectivity index (χ4n) is 5.16. The Balaban J connectivity index is 3.97. The van der Waals surface area contributed by atoms with Gasteiger partial charge >= 0.3 is 27.6 Å². The minimum atomic E-state index is -4.79. The number of allylic oxidation sites excluding steroid dienone is 12. The van der Waals surface area contributed by atoms with Crippen molar-refractivity contribution in [1.82, 2.24) is 0 Å². The molecular weight excluding hydrogens is 842 g/mol. The molecule has 0 aliphatic heterocycles. The van der Waals surface area contributed by atoms with Gasteiger partial charge in [-0.2, -0.15) is 0 Å². The van der Waals surface area contributed by atoms with E-state index in [1.165, 1.54) is 12.8 Å². The van der Waals surface area contributed by atoms with Crippen molar-refractivity contribution in [2.45, 2.75) is 161 Å². The minimum Gasteiger partial charge on any atom is -0.463 e. The van der Waals surface area contributed by atoms with Crippen molar-refractivity contribution in [3.63, 3.8) is 0 Å². The fourth-order valence-corrected chi connectivity index (χ4v) is 6.75. The molecule has 0 saturated carbocycles. The first-order valence-electron chi connectivity index (χ1n) is 22.3. The largest absolute Gasteiger partial charge is 0.472 e. The van der Waals surface area contributed by atoms with Gasteiger partial charge in [0, 0.05) is 12.8 Å². The number of carbonyl (C=O) groups excluding carboxylic acids is 2. The first-order valence-corrected chi connectivity index (χ1v) is 25.3. The summed E-state index contributed by atoms with van der Waals surface area (Å²) in [5.41, 5.74) is 0. The van der Waals surface area contributed by atoms with Gasteiger partial charge in [-0.15, -0.1) is 0 Å². The summed E-state index contributed by atoms with van der Waals surface area (Å²) in [5.74, 6) is -1.04. The monoisotopic (exact) mass is 920 g/mol. The average molecular weight is 921 g/mol. The lowest BCUT2D eigenvalue weighted by atomic mass is 10.1. The number of ether oxygens (including phenoxy) is 2. The SMILES string of the molecule is CC/C=C\C/C=C\C/C=C\C/C=C\C/C=C\CCCCCC(=O)OCC(O)COP(=O)(O)OCC(O)COP(=O)(O)OCC(O)COC(=O)CCCCCCC/C=C\CCCC. The third-order valence-electron chi connectivity index (χ3n) is 8.65. The van der Waals surface area contributed by atoms with Crippen LogP contribution < -0.4 is 0 Å². The number of hydrogen-bond acceptors (Lipinski definition) is 13. The molecule has 62 heavy (non-hydrogen) atoms. The maximum atomic E-state index is 12.1. The van der Waals surface area contributed by atoms with E-state index in [-0.39, 0.29) is 12.8 Å². The molecule has 0 fully saturated rings. The predicted octanol–water partition coefficient (Wildman–Crippen LogP) is 9.60. The molecule has 358 valence electrons. The van der Waals surface area contributed by atoms with Gasteiger partial charge in [0.15, 0.2) is 0 Å². The Morgan fingerprint density at radius 3 is 1.15 bits per heavy atom. The number of aliphatic hydroxyl groups is 3. The van der Waals surface area contributed by atoms with E-state index in [0.29, 0.717) is 12.8 Å². The molecule has 0 saturated heterocycles. The molecule has 0 heterocycles. The van der Waals surface area contributed by atoms with Gasteiger partial charge in [-0.25, -0.2) is 9.13 Å². The molecule has 5 atom stereocenters. The summed E-state index contributed by atoms with van der Waals surface area (Å²) in [5, 5.41) is 29.9. The maximum absolute atomic E-state index is 12.1. The van der Waals surface area contributed by atoms with Crippen LogP contribution in [-0.4, -0.2) is 95.0 Å². The second-order valence-electron chi connectivity index (χ2n) is 14.7. The zero-order valence-electron chi connectivity index (χ0n) is 37.3. The van der Waals surface area contributed by atoms with Crippen LogP contribution in [0, 0.1) is 0 Å². The van der Waals surface area contributed by atoms with Crippen molar-refractivity contribution in [3.8, 4) is 0 Å². The molecule has 0 spiro atoms. The summed E-state index contributed by atoms with van der Waals surface area (Å²) in [6.07, 6.45) is 39.0. The quantitative estimate of drug-likeness (QED) is 0.0166. The van der Waals surface area contributed by atoms with Crippen LogP contribution in [0.4, 0.5) is 0 Å². The Bertz CT molecular complexity index is 1390. The van der Waals surface area contributed by atoms with Gasteiger partial charge in [-0.1, -0.05) is 125 Å². The summed E-state index contributed by atoms with van der Waals surface area (Å²) in [6, 6.07) is 0. The summed E-state index contributed by atoms with van der Waals surface area (Å²) in [6.45, 7) is 0.180. The van der Waals surface area contributed by atoms with Gasteiger partial charge in [0.1, 0.15) is 31.5 Å². The molecule has 0 aromatic rings. The number of rotatable bonds is 42. The molecule has 5 N–H and O–H groups in total. The lowest BCUT2D eigenvalue weighted by Crippen LogP contribution is -2.25. The van der Waals surface area contributed by atoms with Crippen LogP contribution in [0.5, 0.6) is 0 Å². The summed E-state index contributed by atoms with van der Waals surface area (Å²) in [4.78, 5) is 43.6. The first-order chi connectivity index (χ1) is 29.8. The molecule has 0 bridgehead atoms. The average Bonchev–Trinajstić information content (AvgIpc) is 3.24. The van der Waals surface area contributed by atoms with Gasteiger partial charge in [-0.3, -0.25) is 27.7 Å². The van der Waals surface area contributed by atoms with Crippen LogP contribution >= 0.6 is 15.6 Å². The van der Waals surface area contributed by atoms with Crippen LogP contribution in [0.1, 0.15) is 142 Å².